The van der Waals surface area contributed by atoms with Crippen LogP contribution in [0.5, 0.6) is 0 Å². The van der Waals surface area contributed by atoms with Crippen LogP contribution in [0.15, 0.2) is 12.2 Å². The predicted molar refractivity (Wildman–Crippen MR) is 64.2 cm³/mol. The van der Waals surface area contributed by atoms with E-state index in [1.165, 1.54) is 0 Å². The fraction of sp³-hybridized carbons (Fsp3) is 0.667. The molecule has 4 N–H and O–H groups in total. The molecule has 0 aromatic rings. The van der Waals surface area contributed by atoms with Gasteiger partial charge in [0.15, 0.2) is 0 Å². The van der Waals surface area contributed by atoms with E-state index in [1.54, 1.807) is 12.2 Å². The maximum Gasteiger partial charge on any atom is 0.310 e. The second-order valence-corrected chi connectivity index (χ2v) is 4.59. The van der Waals surface area contributed by atoms with Crippen molar-refractivity contribution in [1.82, 2.24) is 5.32 Å². The van der Waals surface area contributed by atoms with Gasteiger partial charge < -0.3 is 16.2 Å². The standard InChI is InChI=1S/C12H20N2O3/c1-3-7(2)10(13)11(15)14-9-5-4-8(6-9)12(16)17/h4-5,7-10H,3,6,13H2,1-2H3,(H,14,15)(H,16,17)/t7-,8?,9?,10-/m0/s1. The lowest BCUT2D eigenvalue weighted by Crippen LogP contribution is -2.47. The van der Waals surface area contributed by atoms with E-state index in [1.807, 2.05) is 13.8 Å². The minimum atomic E-state index is -0.857. The number of carbonyl (C=O) groups is 2. The average molecular weight is 240 g/mol. The van der Waals surface area contributed by atoms with Gasteiger partial charge in [-0.05, 0) is 12.3 Å². The number of nitrogens with two attached hydrogens (primary N) is 1. The summed E-state index contributed by atoms with van der Waals surface area (Å²) in [6.07, 6.45) is 4.59. The van der Waals surface area contributed by atoms with Crippen LogP contribution in [0, 0.1) is 11.8 Å². The smallest absolute Gasteiger partial charge is 0.310 e. The molecule has 96 valence electrons. The van der Waals surface area contributed by atoms with Crippen LogP contribution in [0.2, 0.25) is 0 Å². The first-order valence-electron chi connectivity index (χ1n) is 5.92. The molecule has 0 saturated heterocycles. The largest absolute Gasteiger partial charge is 0.481 e. The van der Waals surface area contributed by atoms with E-state index in [2.05, 4.69) is 5.32 Å². The van der Waals surface area contributed by atoms with Crippen molar-refractivity contribution in [1.29, 1.82) is 0 Å². The number of amides is 1. The monoisotopic (exact) mass is 240 g/mol. The van der Waals surface area contributed by atoms with Crippen molar-refractivity contribution in [3.05, 3.63) is 12.2 Å². The zero-order valence-electron chi connectivity index (χ0n) is 10.2. The molecule has 17 heavy (non-hydrogen) atoms. The number of carboxylic acid groups (broad SMARTS) is 1. The Morgan fingerprint density at radius 3 is 2.65 bits per heavy atom. The second-order valence-electron chi connectivity index (χ2n) is 4.59. The number of hydrogen-bond acceptors (Lipinski definition) is 3. The summed E-state index contributed by atoms with van der Waals surface area (Å²) in [4.78, 5) is 22.5. The summed E-state index contributed by atoms with van der Waals surface area (Å²) in [5, 5.41) is 11.6. The number of aliphatic carboxylic acids is 1. The van der Waals surface area contributed by atoms with Gasteiger partial charge in [0.2, 0.25) is 5.91 Å². The minimum absolute atomic E-state index is 0.121. The molecule has 0 aromatic carbocycles. The molecule has 0 radical (unpaired) electrons. The van der Waals surface area contributed by atoms with E-state index < -0.39 is 17.9 Å². The highest BCUT2D eigenvalue weighted by Gasteiger charge is 2.27. The highest BCUT2D eigenvalue weighted by molar-refractivity contribution is 5.82. The maximum atomic E-state index is 11.8. The molecule has 0 fully saturated rings. The van der Waals surface area contributed by atoms with Gasteiger partial charge in [0.1, 0.15) is 0 Å². The Morgan fingerprint density at radius 2 is 2.18 bits per heavy atom. The van der Waals surface area contributed by atoms with Crippen LogP contribution in [0.3, 0.4) is 0 Å². The van der Waals surface area contributed by atoms with E-state index >= 15 is 0 Å². The van der Waals surface area contributed by atoms with Gasteiger partial charge >= 0.3 is 5.97 Å². The molecule has 1 aliphatic carbocycles. The number of nitrogens with one attached hydrogen (secondary N) is 1. The Kier molecular flexibility index (Phi) is 4.69. The molecule has 0 saturated carbocycles. The molecule has 1 rings (SSSR count). The van der Waals surface area contributed by atoms with Gasteiger partial charge in [-0.1, -0.05) is 32.4 Å². The SMILES string of the molecule is CC[C@H](C)[C@H](N)C(=O)NC1C=CC(C(=O)O)C1. The Bertz CT molecular complexity index is 328. The first kappa shape index (κ1) is 13.7. The van der Waals surface area contributed by atoms with E-state index in [0.29, 0.717) is 6.42 Å². The first-order chi connectivity index (χ1) is 7.95. The molecule has 5 heteroatoms. The molecule has 0 aromatic heterocycles. The van der Waals surface area contributed by atoms with Crippen molar-refractivity contribution in [2.75, 3.05) is 0 Å². The van der Waals surface area contributed by atoms with E-state index in [-0.39, 0.29) is 17.9 Å². The molecule has 0 bridgehead atoms. The van der Waals surface area contributed by atoms with Crippen LogP contribution >= 0.6 is 0 Å². The van der Waals surface area contributed by atoms with Crippen LogP contribution in [-0.2, 0) is 9.59 Å². The van der Waals surface area contributed by atoms with Crippen LogP contribution in [-0.4, -0.2) is 29.1 Å². The minimum Gasteiger partial charge on any atom is -0.481 e. The number of carboxylic acids is 1. The topological polar surface area (TPSA) is 92.4 Å². The summed E-state index contributed by atoms with van der Waals surface area (Å²) in [5.74, 6) is -1.44. The molecule has 1 amide bonds. The summed E-state index contributed by atoms with van der Waals surface area (Å²) in [5.41, 5.74) is 5.79. The van der Waals surface area contributed by atoms with Gasteiger partial charge in [-0.2, -0.15) is 0 Å². The molecule has 2 unspecified atom stereocenters. The molecule has 1 aliphatic rings. The summed E-state index contributed by atoms with van der Waals surface area (Å²) >= 11 is 0. The van der Waals surface area contributed by atoms with Gasteiger partial charge in [-0.25, -0.2) is 0 Å². The lowest BCUT2D eigenvalue weighted by atomic mass is 9.99. The Labute approximate surface area is 101 Å². The van der Waals surface area contributed by atoms with Gasteiger partial charge in [0.05, 0.1) is 12.0 Å². The maximum absolute atomic E-state index is 11.8. The molecular formula is C12H20N2O3. The lowest BCUT2D eigenvalue weighted by Gasteiger charge is -2.20. The van der Waals surface area contributed by atoms with E-state index in [0.717, 1.165) is 6.42 Å². The molecule has 0 spiro atoms. The quantitative estimate of drug-likeness (QED) is 0.610. The van der Waals surface area contributed by atoms with Gasteiger partial charge in [0, 0.05) is 6.04 Å². The summed E-state index contributed by atoms with van der Waals surface area (Å²) < 4.78 is 0. The third-order valence-corrected chi connectivity index (χ3v) is 3.29. The first-order valence-corrected chi connectivity index (χ1v) is 5.92. The van der Waals surface area contributed by atoms with Crippen molar-refractivity contribution < 1.29 is 14.7 Å². The molecule has 0 aliphatic heterocycles. The normalized spacial score (nSPS) is 26.5. The van der Waals surface area contributed by atoms with Crippen molar-refractivity contribution >= 4 is 11.9 Å². The van der Waals surface area contributed by atoms with Gasteiger partial charge in [0.25, 0.3) is 0 Å². The fourth-order valence-corrected chi connectivity index (χ4v) is 1.78. The molecule has 0 heterocycles. The highest BCUT2D eigenvalue weighted by Crippen LogP contribution is 2.18. The Hall–Kier alpha value is -1.36. The van der Waals surface area contributed by atoms with E-state index in [9.17, 15) is 9.59 Å². The lowest BCUT2D eigenvalue weighted by molar-refractivity contribution is -0.140. The Balaban J connectivity index is 2.44. The van der Waals surface area contributed by atoms with Crippen molar-refractivity contribution in [3.8, 4) is 0 Å². The Morgan fingerprint density at radius 1 is 1.53 bits per heavy atom. The predicted octanol–water partition coefficient (Wildman–Crippen LogP) is 0.505. The van der Waals surface area contributed by atoms with Crippen LogP contribution in [0.4, 0.5) is 0 Å². The highest BCUT2D eigenvalue weighted by atomic mass is 16.4. The summed E-state index contributed by atoms with van der Waals surface area (Å²) in [6, 6.07) is -0.740. The summed E-state index contributed by atoms with van der Waals surface area (Å²) in [6.45, 7) is 3.91. The van der Waals surface area contributed by atoms with Crippen LogP contribution in [0.25, 0.3) is 0 Å². The third-order valence-electron chi connectivity index (χ3n) is 3.29. The van der Waals surface area contributed by atoms with E-state index in [4.69, 9.17) is 10.8 Å². The number of rotatable bonds is 5. The average Bonchev–Trinajstić information content (AvgIpc) is 2.75. The second kappa shape index (κ2) is 5.82. The van der Waals surface area contributed by atoms with Crippen LogP contribution in [0.1, 0.15) is 26.7 Å². The van der Waals surface area contributed by atoms with Crippen LogP contribution < -0.4 is 11.1 Å². The van der Waals surface area contributed by atoms with Crippen molar-refractivity contribution in [2.45, 2.75) is 38.8 Å². The van der Waals surface area contributed by atoms with Crippen molar-refractivity contribution in [3.63, 3.8) is 0 Å². The zero-order chi connectivity index (χ0) is 13.0. The zero-order valence-corrected chi connectivity index (χ0v) is 10.2. The molecule has 4 atom stereocenters. The van der Waals surface area contributed by atoms with Gasteiger partial charge in [-0.15, -0.1) is 0 Å². The summed E-state index contributed by atoms with van der Waals surface area (Å²) in [7, 11) is 0. The number of carbonyl (C=O) groups excluding carboxylic acids is 1. The number of hydrogen-bond donors (Lipinski definition) is 3. The third kappa shape index (κ3) is 3.56. The van der Waals surface area contributed by atoms with Gasteiger partial charge in [-0.3, -0.25) is 9.59 Å². The van der Waals surface area contributed by atoms with Crippen molar-refractivity contribution in [2.24, 2.45) is 17.6 Å². The molecule has 5 nitrogen and oxygen atoms in total. The molecular weight excluding hydrogens is 220 g/mol. The fourth-order valence-electron chi connectivity index (χ4n) is 1.78.